The van der Waals surface area contributed by atoms with E-state index in [1.54, 1.807) is 12.1 Å². The third kappa shape index (κ3) is 7.88. The molecule has 0 aromatic heterocycles. The van der Waals surface area contributed by atoms with E-state index in [-0.39, 0.29) is 39.0 Å². The summed E-state index contributed by atoms with van der Waals surface area (Å²) in [5.74, 6) is -5.23. The van der Waals surface area contributed by atoms with Crippen LogP contribution >= 0.6 is 23.2 Å². The third-order valence-corrected chi connectivity index (χ3v) is 5.87. The molecule has 3 aromatic rings. The van der Waals surface area contributed by atoms with E-state index in [4.69, 9.17) is 23.2 Å². The molecule has 0 aliphatic carbocycles. The molecule has 0 fully saturated rings. The second kappa shape index (κ2) is 13.0. The highest BCUT2D eigenvalue weighted by atomic mass is 35.5. The van der Waals surface area contributed by atoms with E-state index in [1.165, 1.54) is 24.3 Å². The van der Waals surface area contributed by atoms with Crippen molar-refractivity contribution in [3.63, 3.8) is 0 Å². The zero-order chi connectivity index (χ0) is 28.7. The Labute approximate surface area is 231 Å². The van der Waals surface area contributed by atoms with E-state index >= 15 is 0 Å². The molecule has 0 unspecified atom stereocenters. The van der Waals surface area contributed by atoms with Gasteiger partial charge in [0, 0.05) is 30.3 Å². The lowest BCUT2D eigenvalue weighted by atomic mass is 10.1. The minimum Gasteiger partial charge on any atom is -0.508 e. The Hall–Kier alpha value is -4.22. The monoisotopic (exact) mass is 579 g/mol. The Bertz CT molecular complexity index is 1390. The summed E-state index contributed by atoms with van der Waals surface area (Å²) in [6.07, 6.45) is 0. The summed E-state index contributed by atoms with van der Waals surface area (Å²) >= 11 is 12.5. The van der Waals surface area contributed by atoms with Gasteiger partial charge in [-0.2, -0.15) is 0 Å². The Kier molecular flexibility index (Phi) is 9.80. The number of carbonyl (C=O) groups excluding carboxylic acids is 4. The minimum atomic E-state index is -1.43. The molecule has 0 bridgehead atoms. The van der Waals surface area contributed by atoms with Gasteiger partial charge >= 0.3 is 5.97 Å². The van der Waals surface area contributed by atoms with Gasteiger partial charge in [-0.25, -0.2) is 13.6 Å². The van der Waals surface area contributed by atoms with Gasteiger partial charge in [0.05, 0.1) is 22.7 Å². The number of rotatable bonds is 9. The van der Waals surface area contributed by atoms with E-state index in [0.717, 1.165) is 19.2 Å². The first kappa shape index (κ1) is 29.3. The number of phenols is 1. The summed E-state index contributed by atoms with van der Waals surface area (Å²) in [4.78, 5) is 50.0. The number of hydrogen-bond donors (Lipinski definition) is 4. The number of hydrogen-bond acceptors (Lipinski definition) is 6. The van der Waals surface area contributed by atoms with Crippen molar-refractivity contribution in [1.82, 2.24) is 16.0 Å². The number of esters is 1. The zero-order valence-electron chi connectivity index (χ0n) is 20.2. The van der Waals surface area contributed by atoms with E-state index in [1.807, 2.05) is 0 Å². The van der Waals surface area contributed by atoms with Crippen LogP contribution < -0.4 is 16.0 Å². The van der Waals surface area contributed by atoms with Crippen molar-refractivity contribution in [1.29, 1.82) is 0 Å². The molecule has 9 nitrogen and oxygen atoms in total. The SMILES string of the molecule is COC(=O)[C@H](CNC(=O)c1cc(F)cc(F)c1)NC(=O)c1c(Cl)cc(C(=O)NCc2cccc(O)c2)cc1Cl. The van der Waals surface area contributed by atoms with Crippen LogP contribution in [-0.2, 0) is 16.1 Å². The number of benzene rings is 3. The second-order valence-electron chi connectivity index (χ2n) is 8.08. The maximum atomic E-state index is 13.4. The Morgan fingerprint density at radius 1 is 0.872 bits per heavy atom. The summed E-state index contributed by atoms with van der Waals surface area (Å²) < 4.78 is 31.5. The summed E-state index contributed by atoms with van der Waals surface area (Å²) in [7, 11) is 1.05. The fraction of sp³-hybridized carbons (Fsp3) is 0.154. The smallest absolute Gasteiger partial charge is 0.330 e. The molecule has 13 heteroatoms. The number of amides is 3. The van der Waals surface area contributed by atoms with Gasteiger partial charge in [-0.15, -0.1) is 0 Å². The molecule has 204 valence electrons. The molecule has 39 heavy (non-hydrogen) atoms. The third-order valence-electron chi connectivity index (χ3n) is 5.28. The van der Waals surface area contributed by atoms with Gasteiger partial charge in [-0.3, -0.25) is 14.4 Å². The topological polar surface area (TPSA) is 134 Å². The first-order valence-electron chi connectivity index (χ1n) is 11.2. The quantitative estimate of drug-likeness (QED) is 0.286. The number of carbonyl (C=O) groups is 4. The Balaban J connectivity index is 1.70. The fourth-order valence-electron chi connectivity index (χ4n) is 3.42. The molecule has 0 aliphatic rings. The summed E-state index contributed by atoms with van der Waals surface area (Å²) in [5.41, 5.74) is 0.0857. The molecule has 3 rings (SSSR count). The van der Waals surface area contributed by atoms with Crippen LogP contribution in [0.3, 0.4) is 0 Å². The zero-order valence-corrected chi connectivity index (χ0v) is 21.7. The van der Waals surface area contributed by atoms with Crippen LogP contribution in [0.25, 0.3) is 0 Å². The van der Waals surface area contributed by atoms with E-state index < -0.39 is 47.9 Å². The van der Waals surface area contributed by atoms with Crippen LogP contribution in [0.15, 0.2) is 54.6 Å². The molecular weight excluding hydrogens is 559 g/mol. The standard InChI is InChI=1S/C26H21Cl2F2N3O6/c1-39-26(38)21(12-32-23(35)14-6-16(29)10-17(30)7-14)33-25(37)22-19(27)8-15(9-20(22)28)24(36)31-11-13-3-2-4-18(34)5-13/h2-10,21,34H,11-12H2,1H3,(H,31,36)(H,32,35)(H,33,37)/t21-/m0/s1. The van der Waals surface area contributed by atoms with Crippen molar-refractivity contribution in [2.75, 3.05) is 13.7 Å². The Morgan fingerprint density at radius 2 is 1.46 bits per heavy atom. The first-order chi connectivity index (χ1) is 18.5. The van der Waals surface area contributed by atoms with E-state index in [0.29, 0.717) is 11.6 Å². The maximum Gasteiger partial charge on any atom is 0.330 e. The molecule has 0 spiro atoms. The van der Waals surface area contributed by atoms with Gasteiger partial charge in [0.1, 0.15) is 23.4 Å². The van der Waals surface area contributed by atoms with Crippen LogP contribution in [0, 0.1) is 11.6 Å². The van der Waals surface area contributed by atoms with Crippen molar-refractivity contribution in [2.45, 2.75) is 12.6 Å². The van der Waals surface area contributed by atoms with Crippen LogP contribution in [0.5, 0.6) is 5.75 Å². The number of methoxy groups -OCH3 is 1. The molecule has 1 atom stereocenters. The summed E-state index contributed by atoms with van der Waals surface area (Å²) in [6, 6.07) is 9.43. The number of nitrogens with one attached hydrogen (secondary N) is 3. The first-order valence-corrected chi connectivity index (χ1v) is 11.9. The van der Waals surface area contributed by atoms with Gasteiger partial charge in [0.15, 0.2) is 0 Å². The van der Waals surface area contributed by atoms with Crippen molar-refractivity contribution in [3.8, 4) is 5.75 Å². The Morgan fingerprint density at radius 3 is 2.05 bits per heavy atom. The highest BCUT2D eigenvalue weighted by molar-refractivity contribution is 6.40. The molecule has 3 amide bonds. The molecule has 0 radical (unpaired) electrons. The molecule has 0 heterocycles. The lowest BCUT2D eigenvalue weighted by molar-refractivity contribution is -0.142. The molecule has 4 N–H and O–H groups in total. The van der Waals surface area contributed by atoms with Crippen molar-refractivity contribution in [2.24, 2.45) is 0 Å². The molecule has 0 saturated heterocycles. The van der Waals surface area contributed by atoms with Crippen molar-refractivity contribution < 1.29 is 37.8 Å². The maximum absolute atomic E-state index is 13.4. The van der Waals surface area contributed by atoms with Gasteiger partial charge in [0.2, 0.25) is 0 Å². The number of ether oxygens (including phenoxy) is 1. The molecule has 3 aromatic carbocycles. The summed E-state index contributed by atoms with van der Waals surface area (Å²) in [5, 5.41) is 16.4. The van der Waals surface area contributed by atoms with Crippen molar-refractivity contribution >= 4 is 46.9 Å². The van der Waals surface area contributed by atoms with Crippen LogP contribution in [0.4, 0.5) is 8.78 Å². The lowest BCUT2D eigenvalue weighted by Crippen LogP contribution is -2.49. The van der Waals surface area contributed by atoms with E-state index in [9.17, 15) is 33.1 Å². The van der Waals surface area contributed by atoms with Gasteiger partial charge in [-0.1, -0.05) is 35.3 Å². The normalized spacial score (nSPS) is 11.3. The van der Waals surface area contributed by atoms with Gasteiger partial charge in [-0.05, 0) is 42.0 Å². The number of halogens is 4. The lowest BCUT2D eigenvalue weighted by Gasteiger charge is -2.18. The highest BCUT2D eigenvalue weighted by Crippen LogP contribution is 2.27. The minimum absolute atomic E-state index is 0.0379. The second-order valence-corrected chi connectivity index (χ2v) is 8.90. The van der Waals surface area contributed by atoms with Crippen molar-refractivity contribution in [3.05, 3.63) is 98.5 Å². The highest BCUT2D eigenvalue weighted by Gasteiger charge is 2.26. The van der Waals surface area contributed by atoms with E-state index in [2.05, 4.69) is 20.7 Å². The van der Waals surface area contributed by atoms with Gasteiger partial charge in [0.25, 0.3) is 17.7 Å². The van der Waals surface area contributed by atoms with Gasteiger partial charge < -0.3 is 25.8 Å². The molecule has 0 aliphatic heterocycles. The molecular formula is C26H21Cl2F2N3O6. The molecule has 0 saturated carbocycles. The van der Waals surface area contributed by atoms with Crippen LogP contribution in [0.1, 0.15) is 36.6 Å². The largest absolute Gasteiger partial charge is 0.508 e. The fourth-order valence-corrected chi connectivity index (χ4v) is 4.08. The average Bonchev–Trinajstić information content (AvgIpc) is 2.88. The predicted molar refractivity (Wildman–Crippen MR) is 138 cm³/mol. The number of aromatic hydroxyl groups is 1. The average molecular weight is 580 g/mol. The van der Waals surface area contributed by atoms with Crippen LogP contribution in [0.2, 0.25) is 10.0 Å². The predicted octanol–water partition coefficient (Wildman–Crippen LogP) is 3.61. The number of phenolic OH excluding ortho intramolecular Hbond substituents is 1. The summed E-state index contributed by atoms with van der Waals surface area (Å²) in [6.45, 7) is -0.403. The van der Waals surface area contributed by atoms with Crippen LogP contribution in [-0.4, -0.2) is 48.5 Å².